The van der Waals surface area contributed by atoms with Gasteiger partial charge in [-0.25, -0.2) is 0 Å². The van der Waals surface area contributed by atoms with E-state index in [0.717, 1.165) is 41.3 Å². The van der Waals surface area contributed by atoms with E-state index in [1.54, 1.807) is 0 Å². The first-order valence-electron chi connectivity index (χ1n) is 7.13. The average Bonchev–Trinajstić information content (AvgIpc) is 2.49. The fourth-order valence-corrected chi connectivity index (χ4v) is 1.92. The van der Waals surface area contributed by atoms with Crippen LogP contribution in [-0.4, -0.2) is 13.2 Å². The molecule has 0 saturated heterocycles. The van der Waals surface area contributed by atoms with Crippen LogP contribution in [-0.2, 0) is 0 Å². The molecule has 112 valence electrons. The molecule has 0 bridgehead atoms. The zero-order chi connectivity index (χ0) is 15.1. The van der Waals surface area contributed by atoms with Gasteiger partial charge in [-0.05, 0) is 55.7 Å². The second-order valence-electron chi connectivity index (χ2n) is 4.96. The third-order valence-electron chi connectivity index (χ3n) is 3.23. The third kappa shape index (κ3) is 4.60. The van der Waals surface area contributed by atoms with E-state index < -0.39 is 0 Å². The molecule has 2 aromatic rings. The van der Waals surface area contributed by atoms with E-state index in [1.165, 1.54) is 0 Å². The van der Waals surface area contributed by atoms with Crippen LogP contribution in [0.1, 0.15) is 18.4 Å². The Morgan fingerprint density at radius 1 is 0.857 bits per heavy atom. The Morgan fingerprint density at radius 3 is 2.24 bits per heavy atom. The van der Waals surface area contributed by atoms with Gasteiger partial charge in [0.2, 0.25) is 0 Å². The van der Waals surface area contributed by atoms with Gasteiger partial charge in [-0.3, -0.25) is 0 Å². The summed E-state index contributed by atoms with van der Waals surface area (Å²) in [5.74, 6) is 1.60. The first kappa shape index (κ1) is 15.0. The van der Waals surface area contributed by atoms with E-state index in [0.29, 0.717) is 13.2 Å². The van der Waals surface area contributed by atoms with Crippen LogP contribution in [0.2, 0.25) is 0 Å². The van der Waals surface area contributed by atoms with Crippen LogP contribution in [0.5, 0.6) is 11.5 Å². The number of benzene rings is 2. The zero-order valence-corrected chi connectivity index (χ0v) is 12.3. The normalized spacial score (nSPS) is 10.3. The van der Waals surface area contributed by atoms with Crippen molar-refractivity contribution in [1.82, 2.24) is 0 Å². The fraction of sp³-hybridized carbons (Fsp3) is 0.294. The van der Waals surface area contributed by atoms with E-state index >= 15 is 0 Å². The number of hydrogen-bond donors (Lipinski definition) is 2. The summed E-state index contributed by atoms with van der Waals surface area (Å²) in [5.41, 5.74) is 14.1. The maximum Gasteiger partial charge on any atom is 0.142 e. The van der Waals surface area contributed by atoms with Crippen molar-refractivity contribution in [2.75, 3.05) is 24.7 Å². The molecule has 0 aromatic heterocycles. The third-order valence-corrected chi connectivity index (χ3v) is 3.23. The van der Waals surface area contributed by atoms with Crippen molar-refractivity contribution in [1.29, 1.82) is 0 Å². The quantitative estimate of drug-likeness (QED) is 0.604. The molecule has 0 fully saturated rings. The molecule has 2 aromatic carbocycles. The van der Waals surface area contributed by atoms with E-state index in [4.69, 9.17) is 20.9 Å². The van der Waals surface area contributed by atoms with Crippen molar-refractivity contribution >= 4 is 11.4 Å². The van der Waals surface area contributed by atoms with Gasteiger partial charge in [0, 0.05) is 5.69 Å². The Bertz CT molecular complexity index is 568. The molecule has 0 aliphatic carbocycles. The summed E-state index contributed by atoms with van der Waals surface area (Å²) in [5, 5.41) is 0. The summed E-state index contributed by atoms with van der Waals surface area (Å²) in [6.07, 6.45) is 1.85. The summed E-state index contributed by atoms with van der Waals surface area (Å²) < 4.78 is 11.3. The first-order chi connectivity index (χ1) is 10.2. The lowest BCUT2D eigenvalue weighted by Gasteiger charge is -2.10. The number of hydrogen-bond acceptors (Lipinski definition) is 4. The minimum Gasteiger partial charge on any atom is -0.494 e. The Kier molecular flexibility index (Phi) is 5.32. The lowest BCUT2D eigenvalue weighted by atomic mass is 10.2. The molecular formula is C17H22N2O2. The van der Waals surface area contributed by atoms with E-state index in [-0.39, 0.29) is 0 Å². The highest BCUT2D eigenvalue weighted by Crippen LogP contribution is 2.24. The van der Waals surface area contributed by atoms with E-state index in [1.807, 2.05) is 49.4 Å². The number of nitrogens with two attached hydrogens (primary N) is 2. The number of para-hydroxylation sites is 1. The topological polar surface area (TPSA) is 70.5 Å². The van der Waals surface area contributed by atoms with Gasteiger partial charge in [0.25, 0.3) is 0 Å². The van der Waals surface area contributed by atoms with Gasteiger partial charge in [0.15, 0.2) is 0 Å². The number of ether oxygens (including phenoxy) is 2. The van der Waals surface area contributed by atoms with Gasteiger partial charge in [-0.2, -0.15) is 0 Å². The summed E-state index contributed by atoms with van der Waals surface area (Å²) >= 11 is 0. The minimum atomic E-state index is 0.638. The second-order valence-corrected chi connectivity index (χ2v) is 4.96. The molecular weight excluding hydrogens is 264 g/mol. The molecule has 2 rings (SSSR count). The SMILES string of the molecule is Cc1cccc(OCCCCOc2ccc(N)cc2)c1N. The molecule has 4 N–H and O–H groups in total. The number of aryl methyl sites for hydroxylation is 1. The minimum absolute atomic E-state index is 0.638. The Balaban J connectivity index is 1.64. The van der Waals surface area contributed by atoms with Gasteiger partial charge < -0.3 is 20.9 Å². The highest BCUT2D eigenvalue weighted by Gasteiger charge is 2.02. The predicted molar refractivity (Wildman–Crippen MR) is 86.7 cm³/mol. The Morgan fingerprint density at radius 2 is 1.52 bits per heavy atom. The summed E-state index contributed by atoms with van der Waals surface area (Å²) in [6.45, 7) is 3.28. The van der Waals surface area contributed by atoms with Crippen LogP contribution < -0.4 is 20.9 Å². The van der Waals surface area contributed by atoms with Crippen LogP contribution in [0.4, 0.5) is 11.4 Å². The van der Waals surface area contributed by atoms with Gasteiger partial charge in [-0.1, -0.05) is 12.1 Å². The van der Waals surface area contributed by atoms with Crippen LogP contribution >= 0.6 is 0 Å². The van der Waals surface area contributed by atoms with Gasteiger partial charge in [-0.15, -0.1) is 0 Å². The molecule has 0 aliphatic rings. The van der Waals surface area contributed by atoms with Gasteiger partial charge >= 0.3 is 0 Å². The lowest BCUT2D eigenvalue weighted by molar-refractivity contribution is 0.267. The molecule has 0 amide bonds. The molecule has 4 nitrogen and oxygen atoms in total. The fourth-order valence-electron chi connectivity index (χ4n) is 1.92. The second kappa shape index (κ2) is 7.43. The zero-order valence-electron chi connectivity index (χ0n) is 12.3. The maximum absolute atomic E-state index is 5.95. The van der Waals surface area contributed by atoms with Crippen molar-refractivity contribution in [3.63, 3.8) is 0 Å². The smallest absolute Gasteiger partial charge is 0.142 e. The average molecular weight is 286 g/mol. The molecule has 4 heteroatoms. The monoisotopic (exact) mass is 286 g/mol. The molecule has 21 heavy (non-hydrogen) atoms. The number of unbranched alkanes of at least 4 members (excludes halogenated alkanes) is 1. The van der Waals surface area contributed by atoms with Gasteiger partial charge in [0.05, 0.1) is 18.9 Å². The molecule has 0 unspecified atom stereocenters. The number of rotatable bonds is 7. The van der Waals surface area contributed by atoms with Crippen LogP contribution in [0, 0.1) is 6.92 Å². The Hall–Kier alpha value is -2.36. The van der Waals surface area contributed by atoms with Crippen molar-refractivity contribution in [2.45, 2.75) is 19.8 Å². The highest BCUT2D eigenvalue weighted by molar-refractivity contribution is 5.57. The predicted octanol–water partition coefficient (Wildman–Crippen LogP) is 3.40. The van der Waals surface area contributed by atoms with Gasteiger partial charge in [0.1, 0.15) is 11.5 Å². The number of anilines is 2. The molecule has 0 spiro atoms. The van der Waals surface area contributed by atoms with Crippen molar-refractivity contribution in [3.05, 3.63) is 48.0 Å². The maximum atomic E-state index is 5.95. The van der Waals surface area contributed by atoms with Crippen LogP contribution in [0.3, 0.4) is 0 Å². The molecule has 0 atom stereocenters. The van der Waals surface area contributed by atoms with Crippen LogP contribution in [0.15, 0.2) is 42.5 Å². The van der Waals surface area contributed by atoms with Crippen LogP contribution in [0.25, 0.3) is 0 Å². The first-order valence-corrected chi connectivity index (χ1v) is 7.13. The largest absolute Gasteiger partial charge is 0.494 e. The van der Waals surface area contributed by atoms with E-state index in [2.05, 4.69) is 0 Å². The Labute approximate surface area is 125 Å². The summed E-state index contributed by atoms with van der Waals surface area (Å²) in [7, 11) is 0. The molecule has 0 radical (unpaired) electrons. The lowest BCUT2D eigenvalue weighted by Crippen LogP contribution is -2.04. The van der Waals surface area contributed by atoms with Crippen molar-refractivity contribution in [2.24, 2.45) is 0 Å². The molecule has 0 saturated carbocycles. The van der Waals surface area contributed by atoms with E-state index in [9.17, 15) is 0 Å². The molecule has 0 heterocycles. The van der Waals surface area contributed by atoms with Crippen molar-refractivity contribution < 1.29 is 9.47 Å². The standard InChI is InChI=1S/C17H22N2O2/c1-13-5-4-6-16(17(13)19)21-12-3-2-11-20-15-9-7-14(18)8-10-15/h4-10H,2-3,11-12,18-19H2,1H3. The summed E-state index contributed by atoms with van der Waals surface area (Å²) in [6, 6.07) is 13.2. The molecule has 0 aliphatic heterocycles. The summed E-state index contributed by atoms with van der Waals surface area (Å²) in [4.78, 5) is 0. The van der Waals surface area contributed by atoms with Crippen molar-refractivity contribution in [3.8, 4) is 11.5 Å². The number of nitrogen functional groups attached to an aromatic ring is 2. The highest BCUT2D eigenvalue weighted by atomic mass is 16.5.